The van der Waals surface area contributed by atoms with Crippen molar-refractivity contribution in [2.45, 2.75) is 31.4 Å². The Morgan fingerprint density at radius 2 is 2.05 bits per heavy atom. The summed E-state index contributed by atoms with van der Waals surface area (Å²) in [6, 6.07) is 2.97. The molecule has 0 spiro atoms. The number of piperidine rings is 1. The van der Waals surface area contributed by atoms with Gasteiger partial charge in [0, 0.05) is 6.54 Å². The lowest BCUT2D eigenvalue weighted by molar-refractivity contribution is -0.125. The number of benzene rings is 1. The summed E-state index contributed by atoms with van der Waals surface area (Å²) in [5.74, 6) is -2.04. The quantitative estimate of drug-likeness (QED) is 0.876. The largest absolute Gasteiger partial charge is 0.387 e. The molecule has 1 aliphatic rings. The fourth-order valence-electron chi connectivity index (χ4n) is 2.67. The van der Waals surface area contributed by atoms with Gasteiger partial charge in [0.1, 0.15) is 11.6 Å². The zero-order valence-electron chi connectivity index (χ0n) is 11.1. The fourth-order valence-corrected chi connectivity index (χ4v) is 2.67. The topological polar surface area (TPSA) is 66.6 Å². The molecule has 1 aromatic rings. The van der Waals surface area contributed by atoms with Crippen LogP contribution < -0.4 is 5.73 Å². The zero-order valence-corrected chi connectivity index (χ0v) is 11.1. The number of aliphatic hydroxyl groups is 1. The third kappa shape index (κ3) is 3.13. The van der Waals surface area contributed by atoms with Gasteiger partial charge in [0.25, 0.3) is 0 Å². The van der Waals surface area contributed by atoms with E-state index in [1.54, 1.807) is 4.90 Å². The summed E-state index contributed by atoms with van der Waals surface area (Å²) in [6.07, 6.45) is 1.04. The Balaban J connectivity index is 2.14. The number of likely N-dealkylation sites (tertiary alicyclic amines) is 1. The minimum atomic E-state index is -1.32. The summed E-state index contributed by atoms with van der Waals surface area (Å²) in [4.78, 5) is 13.1. The molecule has 0 radical (unpaired) electrons. The maximum atomic E-state index is 13.6. The Bertz CT molecular complexity index is 476. The first-order chi connectivity index (χ1) is 9.50. The van der Waals surface area contributed by atoms with E-state index in [1.165, 1.54) is 6.07 Å². The van der Waals surface area contributed by atoms with E-state index in [0.717, 1.165) is 25.0 Å². The summed E-state index contributed by atoms with van der Waals surface area (Å²) < 4.78 is 27.2. The average molecular weight is 284 g/mol. The van der Waals surface area contributed by atoms with Crippen LogP contribution in [0.25, 0.3) is 0 Å². The van der Waals surface area contributed by atoms with Crippen LogP contribution in [0.5, 0.6) is 0 Å². The van der Waals surface area contributed by atoms with Crippen LogP contribution in [-0.4, -0.2) is 35.0 Å². The van der Waals surface area contributed by atoms with E-state index < -0.39 is 29.7 Å². The molecular weight excluding hydrogens is 266 g/mol. The van der Waals surface area contributed by atoms with Crippen molar-refractivity contribution in [2.75, 3.05) is 13.1 Å². The Morgan fingerprint density at radius 3 is 2.65 bits per heavy atom. The van der Waals surface area contributed by atoms with Crippen molar-refractivity contribution in [3.05, 3.63) is 35.4 Å². The smallest absolute Gasteiger partial charge is 0.234 e. The average Bonchev–Trinajstić information content (AvgIpc) is 2.38. The summed E-state index contributed by atoms with van der Waals surface area (Å²) in [5, 5.41) is 10.1. The number of hydrogen-bond donors (Lipinski definition) is 2. The number of hydrogen-bond acceptors (Lipinski definition) is 3. The van der Waals surface area contributed by atoms with Gasteiger partial charge in [-0.1, -0.05) is 12.5 Å². The predicted octanol–water partition coefficient (Wildman–Crippen LogP) is 1.34. The molecule has 0 aliphatic carbocycles. The van der Waals surface area contributed by atoms with Gasteiger partial charge in [-0.15, -0.1) is 0 Å². The number of nitrogens with zero attached hydrogens (tertiary/aromatic N) is 1. The lowest BCUT2D eigenvalue weighted by Crippen LogP contribution is -2.49. The molecule has 1 aliphatic heterocycles. The number of primary amides is 1. The van der Waals surface area contributed by atoms with Crippen LogP contribution in [0.4, 0.5) is 8.78 Å². The summed E-state index contributed by atoms with van der Waals surface area (Å²) in [7, 11) is 0. The maximum absolute atomic E-state index is 13.6. The number of β-amino-alcohol motifs (C(OH)–C–C–N with tert-alkyl or cyclic N) is 1. The van der Waals surface area contributed by atoms with E-state index in [9.17, 15) is 18.7 Å². The zero-order chi connectivity index (χ0) is 14.7. The van der Waals surface area contributed by atoms with Crippen molar-refractivity contribution in [1.82, 2.24) is 4.90 Å². The van der Waals surface area contributed by atoms with Crippen LogP contribution in [0.3, 0.4) is 0 Å². The second-order valence-electron chi connectivity index (χ2n) is 5.06. The molecule has 0 bridgehead atoms. The van der Waals surface area contributed by atoms with Crippen molar-refractivity contribution >= 4 is 5.91 Å². The summed E-state index contributed by atoms with van der Waals surface area (Å²) in [5.41, 5.74) is 4.96. The number of carbonyl (C=O) groups excluding carboxylic acids is 1. The van der Waals surface area contributed by atoms with Crippen LogP contribution in [0.2, 0.25) is 0 Å². The van der Waals surface area contributed by atoms with E-state index >= 15 is 0 Å². The number of halogens is 2. The lowest BCUT2D eigenvalue weighted by atomic mass is 9.99. The monoisotopic (exact) mass is 284 g/mol. The number of amides is 1. The van der Waals surface area contributed by atoms with Gasteiger partial charge in [0.05, 0.1) is 17.7 Å². The number of nitrogens with two attached hydrogens (primary N) is 1. The highest BCUT2D eigenvalue weighted by molar-refractivity contribution is 5.79. The van der Waals surface area contributed by atoms with Crippen molar-refractivity contribution in [1.29, 1.82) is 0 Å². The SMILES string of the molecule is NC(=O)C1CCCCN1CC(O)c1c(F)cccc1F. The molecule has 2 atom stereocenters. The Morgan fingerprint density at radius 1 is 1.40 bits per heavy atom. The van der Waals surface area contributed by atoms with Crippen molar-refractivity contribution in [3.63, 3.8) is 0 Å². The van der Waals surface area contributed by atoms with Crippen LogP contribution >= 0.6 is 0 Å². The van der Waals surface area contributed by atoms with E-state index in [2.05, 4.69) is 0 Å². The Hall–Kier alpha value is -1.53. The second kappa shape index (κ2) is 6.28. The molecule has 1 aromatic carbocycles. The van der Waals surface area contributed by atoms with Gasteiger partial charge in [-0.25, -0.2) is 8.78 Å². The lowest BCUT2D eigenvalue weighted by Gasteiger charge is -2.35. The van der Waals surface area contributed by atoms with E-state index in [1.807, 2.05) is 0 Å². The van der Waals surface area contributed by atoms with Crippen molar-refractivity contribution < 1.29 is 18.7 Å². The van der Waals surface area contributed by atoms with E-state index in [0.29, 0.717) is 13.0 Å². The first-order valence-corrected chi connectivity index (χ1v) is 6.66. The van der Waals surface area contributed by atoms with Gasteiger partial charge in [0.2, 0.25) is 5.91 Å². The van der Waals surface area contributed by atoms with E-state index in [4.69, 9.17) is 5.73 Å². The van der Waals surface area contributed by atoms with Crippen LogP contribution in [0, 0.1) is 11.6 Å². The first kappa shape index (κ1) is 14.9. The van der Waals surface area contributed by atoms with Gasteiger partial charge in [-0.3, -0.25) is 9.69 Å². The normalized spacial score (nSPS) is 21.6. The van der Waals surface area contributed by atoms with Crippen LogP contribution in [0.15, 0.2) is 18.2 Å². The van der Waals surface area contributed by atoms with Gasteiger partial charge in [-0.05, 0) is 31.5 Å². The maximum Gasteiger partial charge on any atom is 0.234 e. The molecule has 0 aromatic heterocycles. The molecule has 3 N–H and O–H groups in total. The molecule has 1 amide bonds. The van der Waals surface area contributed by atoms with E-state index in [-0.39, 0.29) is 12.1 Å². The number of rotatable bonds is 4. The molecule has 2 rings (SSSR count). The molecule has 1 fully saturated rings. The molecule has 6 heteroatoms. The van der Waals surface area contributed by atoms with Crippen LogP contribution in [0.1, 0.15) is 30.9 Å². The second-order valence-corrected chi connectivity index (χ2v) is 5.06. The highest BCUT2D eigenvalue weighted by Gasteiger charge is 2.30. The summed E-state index contributed by atoms with van der Waals surface area (Å²) in [6.45, 7) is 0.576. The van der Waals surface area contributed by atoms with Crippen molar-refractivity contribution in [2.24, 2.45) is 5.73 Å². The van der Waals surface area contributed by atoms with Gasteiger partial charge in [0.15, 0.2) is 0 Å². The highest BCUT2D eigenvalue weighted by Crippen LogP contribution is 2.24. The minimum absolute atomic E-state index is 0.00847. The molecule has 1 saturated heterocycles. The Kier molecular flexibility index (Phi) is 4.67. The third-order valence-electron chi connectivity index (χ3n) is 3.68. The third-order valence-corrected chi connectivity index (χ3v) is 3.68. The number of carbonyl (C=O) groups is 1. The van der Waals surface area contributed by atoms with Crippen LogP contribution in [-0.2, 0) is 4.79 Å². The van der Waals surface area contributed by atoms with Gasteiger partial charge in [-0.2, -0.15) is 0 Å². The number of aliphatic hydroxyl groups excluding tert-OH is 1. The van der Waals surface area contributed by atoms with Gasteiger partial charge >= 0.3 is 0 Å². The van der Waals surface area contributed by atoms with Gasteiger partial charge < -0.3 is 10.8 Å². The molecule has 110 valence electrons. The Labute approximate surface area is 116 Å². The first-order valence-electron chi connectivity index (χ1n) is 6.66. The molecule has 20 heavy (non-hydrogen) atoms. The van der Waals surface area contributed by atoms with Crippen molar-refractivity contribution in [3.8, 4) is 0 Å². The minimum Gasteiger partial charge on any atom is -0.387 e. The molecular formula is C14H18F2N2O2. The molecule has 1 heterocycles. The molecule has 4 nitrogen and oxygen atoms in total. The molecule has 2 unspecified atom stereocenters. The summed E-state index contributed by atoms with van der Waals surface area (Å²) >= 11 is 0. The predicted molar refractivity (Wildman–Crippen MR) is 69.7 cm³/mol. The highest BCUT2D eigenvalue weighted by atomic mass is 19.1. The molecule has 0 saturated carbocycles. The fraction of sp³-hybridized carbons (Fsp3) is 0.500. The standard InChI is InChI=1S/C14H18F2N2O2/c15-9-4-3-5-10(16)13(9)12(19)8-18-7-2-1-6-11(18)14(17)20/h3-5,11-12,19H,1-2,6-8H2,(H2,17,20).